The van der Waals surface area contributed by atoms with Crippen molar-refractivity contribution in [2.45, 2.75) is 12.7 Å². The zero-order valence-electron chi connectivity index (χ0n) is 16.3. The van der Waals surface area contributed by atoms with Crippen LogP contribution in [-0.2, 0) is 12.7 Å². The molecule has 156 valence electrons. The SMILES string of the molecule is CN=C(NCc1ccc(OC)cc1C(F)(F)F)N1CCN(c2ncccn2)CC1. The van der Waals surface area contributed by atoms with Gasteiger partial charge in [-0.1, -0.05) is 6.07 Å². The van der Waals surface area contributed by atoms with Gasteiger partial charge in [0.1, 0.15) is 5.75 Å². The van der Waals surface area contributed by atoms with E-state index in [0.717, 1.165) is 6.07 Å². The lowest BCUT2D eigenvalue weighted by atomic mass is 10.1. The Morgan fingerprint density at radius 3 is 2.45 bits per heavy atom. The molecule has 0 spiro atoms. The first-order valence-electron chi connectivity index (χ1n) is 9.14. The molecule has 1 saturated heterocycles. The van der Waals surface area contributed by atoms with Crippen LogP contribution >= 0.6 is 0 Å². The number of aromatic nitrogens is 2. The maximum absolute atomic E-state index is 13.4. The Bertz CT molecular complexity index is 836. The standard InChI is InChI=1S/C19H23F3N6O/c1-23-17(27-8-10-28(11-9-27)18-24-6-3-7-25-18)26-13-14-4-5-15(29-2)12-16(14)19(20,21)22/h3-7,12H,8-11,13H2,1-2H3,(H,23,26). The minimum absolute atomic E-state index is 0.00746. The lowest BCUT2D eigenvalue weighted by Crippen LogP contribution is -2.52. The minimum atomic E-state index is -4.46. The van der Waals surface area contributed by atoms with Gasteiger partial charge in [0.15, 0.2) is 5.96 Å². The first kappa shape index (κ1) is 20.7. The maximum atomic E-state index is 13.4. The normalized spacial score (nSPS) is 15.4. The van der Waals surface area contributed by atoms with Crippen LogP contribution in [0.5, 0.6) is 5.75 Å². The number of nitrogens with one attached hydrogen (secondary N) is 1. The number of hydrogen-bond donors (Lipinski definition) is 1. The average molecular weight is 408 g/mol. The highest BCUT2D eigenvalue weighted by Crippen LogP contribution is 2.34. The molecule has 0 radical (unpaired) electrons. The fourth-order valence-electron chi connectivity index (χ4n) is 3.18. The molecule has 0 unspecified atom stereocenters. The molecule has 1 N–H and O–H groups in total. The molecule has 2 aromatic rings. The molecule has 29 heavy (non-hydrogen) atoms. The maximum Gasteiger partial charge on any atom is 0.416 e. The number of anilines is 1. The highest BCUT2D eigenvalue weighted by molar-refractivity contribution is 5.80. The van der Waals surface area contributed by atoms with Crippen LogP contribution in [0.4, 0.5) is 19.1 Å². The predicted octanol–water partition coefficient (Wildman–Crippen LogP) is 2.40. The van der Waals surface area contributed by atoms with Gasteiger partial charge < -0.3 is 19.9 Å². The summed E-state index contributed by atoms with van der Waals surface area (Å²) in [6, 6.07) is 5.72. The van der Waals surface area contributed by atoms with E-state index in [0.29, 0.717) is 38.1 Å². The van der Waals surface area contributed by atoms with Gasteiger partial charge in [0.2, 0.25) is 5.95 Å². The van der Waals surface area contributed by atoms with Crippen LogP contribution in [0.3, 0.4) is 0 Å². The van der Waals surface area contributed by atoms with Gasteiger partial charge in [0, 0.05) is 52.2 Å². The van der Waals surface area contributed by atoms with E-state index in [1.807, 2.05) is 4.90 Å². The molecule has 1 aromatic heterocycles. The van der Waals surface area contributed by atoms with Gasteiger partial charge >= 0.3 is 6.18 Å². The molecule has 7 nitrogen and oxygen atoms in total. The number of nitrogens with zero attached hydrogens (tertiary/aromatic N) is 5. The number of halogens is 3. The molecular weight excluding hydrogens is 385 g/mol. The molecule has 3 rings (SSSR count). The van der Waals surface area contributed by atoms with Gasteiger partial charge in [0.05, 0.1) is 12.7 Å². The van der Waals surface area contributed by atoms with E-state index in [1.54, 1.807) is 25.5 Å². The summed E-state index contributed by atoms with van der Waals surface area (Å²) in [5, 5.41) is 3.05. The number of hydrogen-bond acceptors (Lipinski definition) is 5. The molecule has 1 aliphatic heterocycles. The summed E-state index contributed by atoms with van der Waals surface area (Å²) in [6.45, 7) is 2.72. The number of benzene rings is 1. The second kappa shape index (κ2) is 8.97. The second-order valence-electron chi connectivity index (χ2n) is 6.44. The van der Waals surface area contributed by atoms with E-state index in [1.165, 1.54) is 19.2 Å². The Labute approximate surface area is 167 Å². The number of guanidine groups is 1. The number of ether oxygens (including phenoxy) is 1. The van der Waals surface area contributed by atoms with Crippen molar-refractivity contribution in [2.24, 2.45) is 4.99 Å². The molecule has 0 aliphatic carbocycles. The van der Waals surface area contributed by atoms with Gasteiger partial charge in [-0.3, -0.25) is 4.99 Å². The van der Waals surface area contributed by atoms with Gasteiger partial charge in [-0.25, -0.2) is 9.97 Å². The van der Waals surface area contributed by atoms with Crippen LogP contribution in [0, 0.1) is 0 Å². The van der Waals surface area contributed by atoms with Gasteiger partial charge in [0.25, 0.3) is 0 Å². The van der Waals surface area contributed by atoms with Crippen LogP contribution < -0.4 is 15.0 Å². The number of methoxy groups -OCH3 is 1. The van der Waals surface area contributed by atoms with Crippen molar-refractivity contribution in [1.29, 1.82) is 0 Å². The molecule has 0 amide bonds. The largest absolute Gasteiger partial charge is 0.497 e. The number of aliphatic imine (C=N–C) groups is 1. The van der Waals surface area contributed by atoms with Crippen molar-refractivity contribution in [3.05, 3.63) is 47.8 Å². The van der Waals surface area contributed by atoms with Crippen molar-refractivity contribution in [2.75, 3.05) is 45.2 Å². The third-order valence-electron chi connectivity index (χ3n) is 4.69. The molecule has 2 heterocycles. The molecule has 1 fully saturated rings. The van der Waals surface area contributed by atoms with Crippen molar-refractivity contribution in [3.8, 4) is 5.75 Å². The highest BCUT2D eigenvalue weighted by Gasteiger charge is 2.34. The summed E-state index contributed by atoms with van der Waals surface area (Å²) in [5.74, 6) is 1.40. The molecule has 0 saturated carbocycles. The van der Waals surface area contributed by atoms with E-state index >= 15 is 0 Å². The van der Waals surface area contributed by atoms with Gasteiger partial charge in [-0.2, -0.15) is 13.2 Å². The Hall–Kier alpha value is -3.04. The van der Waals surface area contributed by atoms with Crippen LogP contribution in [0.15, 0.2) is 41.7 Å². The summed E-state index contributed by atoms with van der Waals surface area (Å²) in [4.78, 5) is 16.8. The number of alkyl halides is 3. The fourth-order valence-corrected chi connectivity index (χ4v) is 3.18. The zero-order valence-corrected chi connectivity index (χ0v) is 16.3. The molecule has 0 bridgehead atoms. The molecular formula is C19H23F3N6O. The first-order valence-corrected chi connectivity index (χ1v) is 9.14. The van der Waals surface area contributed by atoms with Gasteiger partial charge in [-0.15, -0.1) is 0 Å². The van der Waals surface area contributed by atoms with E-state index in [9.17, 15) is 13.2 Å². The summed E-state index contributed by atoms with van der Waals surface area (Å²) in [7, 11) is 2.96. The van der Waals surface area contributed by atoms with Crippen LogP contribution in [0.1, 0.15) is 11.1 Å². The quantitative estimate of drug-likeness (QED) is 0.619. The third kappa shape index (κ3) is 5.07. The Kier molecular flexibility index (Phi) is 6.40. The molecule has 1 aliphatic rings. The smallest absolute Gasteiger partial charge is 0.416 e. The Morgan fingerprint density at radius 2 is 1.86 bits per heavy atom. The van der Waals surface area contributed by atoms with E-state index in [4.69, 9.17) is 4.74 Å². The zero-order chi connectivity index (χ0) is 20.9. The molecule has 10 heteroatoms. The fraction of sp³-hybridized carbons (Fsp3) is 0.421. The van der Waals surface area contributed by atoms with Crippen molar-refractivity contribution < 1.29 is 17.9 Å². The van der Waals surface area contributed by atoms with Crippen LogP contribution in [-0.4, -0.2) is 61.2 Å². The van der Waals surface area contributed by atoms with Crippen LogP contribution in [0.25, 0.3) is 0 Å². The Balaban J connectivity index is 1.63. The topological polar surface area (TPSA) is 65.9 Å². The summed E-state index contributed by atoms with van der Waals surface area (Å²) < 4.78 is 45.1. The lowest BCUT2D eigenvalue weighted by molar-refractivity contribution is -0.138. The summed E-state index contributed by atoms with van der Waals surface area (Å²) >= 11 is 0. The van der Waals surface area contributed by atoms with E-state index in [2.05, 4.69) is 25.2 Å². The van der Waals surface area contributed by atoms with Crippen molar-refractivity contribution in [3.63, 3.8) is 0 Å². The summed E-state index contributed by atoms with van der Waals surface area (Å²) in [5.41, 5.74) is -0.582. The number of rotatable bonds is 4. The van der Waals surface area contributed by atoms with E-state index in [-0.39, 0.29) is 17.9 Å². The van der Waals surface area contributed by atoms with Crippen molar-refractivity contribution in [1.82, 2.24) is 20.2 Å². The monoisotopic (exact) mass is 408 g/mol. The molecule has 0 atom stereocenters. The third-order valence-corrected chi connectivity index (χ3v) is 4.69. The first-order chi connectivity index (χ1) is 13.9. The van der Waals surface area contributed by atoms with Crippen LogP contribution in [0.2, 0.25) is 0 Å². The van der Waals surface area contributed by atoms with Gasteiger partial charge in [-0.05, 0) is 23.8 Å². The highest BCUT2D eigenvalue weighted by atomic mass is 19.4. The van der Waals surface area contributed by atoms with E-state index < -0.39 is 11.7 Å². The Morgan fingerprint density at radius 1 is 1.17 bits per heavy atom. The summed E-state index contributed by atoms with van der Waals surface area (Å²) in [6.07, 6.45) is -1.07. The molecule has 1 aromatic carbocycles. The average Bonchev–Trinajstić information content (AvgIpc) is 2.74. The second-order valence-corrected chi connectivity index (χ2v) is 6.44. The minimum Gasteiger partial charge on any atom is -0.497 e. The predicted molar refractivity (Wildman–Crippen MR) is 104 cm³/mol. The lowest BCUT2D eigenvalue weighted by Gasteiger charge is -2.36. The van der Waals surface area contributed by atoms with Crippen molar-refractivity contribution >= 4 is 11.9 Å². The number of piperazine rings is 1.